The third kappa shape index (κ3) is 3.68. The van der Waals surface area contributed by atoms with Crippen LogP contribution < -0.4 is 5.32 Å². The normalized spacial score (nSPS) is 10.1. The fourth-order valence-corrected chi connectivity index (χ4v) is 2.01. The number of hydrogen-bond donors (Lipinski definition) is 1. The standard InChI is InChI=1S/C9H14ClN3OS/c1-3-13(4-2)8(14)5-11-9-12-7(10)6-15-9/h6H,3-5H2,1-2H3,(H,11,12). The Balaban J connectivity index is 2.40. The SMILES string of the molecule is CCN(CC)C(=O)CNc1nc(Cl)cs1. The summed E-state index contributed by atoms with van der Waals surface area (Å²) < 4.78 is 0. The molecule has 0 aromatic carbocycles. The van der Waals surface area contributed by atoms with Gasteiger partial charge in [-0.1, -0.05) is 11.6 Å². The third-order valence-corrected chi connectivity index (χ3v) is 3.11. The average Bonchev–Trinajstić information content (AvgIpc) is 2.63. The summed E-state index contributed by atoms with van der Waals surface area (Å²) >= 11 is 7.05. The van der Waals surface area contributed by atoms with Gasteiger partial charge < -0.3 is 10.2 Å². The Kier molecular flexibility index (Phi) is 4.84. The maximum atomic E-state index is 11.6. The van der Waals surface area contributed by atoms with E-state index >= 15 is 0 Å². The Hall–Kier alpha value is -0.810. The second-order valence-corrected chi connectivity index (χ2v) is 4.14. The molecule has 1 aromatic heterocycles. The van der Waals surface area contributed by atoms with Gasteiger partial charge in [-0.3, -0.25) is 4.79 Å². The number of halogens is 1. The van der Waals surface area contributed by atoms with E-state index in [0.717, 1.165) is 13.1 Å². The number of carbonyl (C=O) groups excluding carboxylic acids is 1. The lowest BCUT2D eigenvalue weighted by Crippen LogP contribution is -2.35. The number of likely N-dealkylation sites (N-methyl/N-ethyl adjacent to an activating group) is 1. The largest absolute Gasteiger partial charge is 0.352 e. The summed E-state index contributed by atoms with van der Waals surface area (Å²) in [6, 6.07) is 0. The average molecular weight is 248 g/mol. The van der Waals surface area contributed by atoms with E-state index < -0.39 is 0 Å². The fourth-order valence-electron chi connectivity index (χ4n) is 1.17. The van der Waals surface area contributed by atoms with Gasteiger partial charge in [0, 0.05) is 18.5 Å². The summed E-state index contributed by atoms with van der Waals surface area (Å²) in [5.74, 6) is 0.0753. The number of nitrogens with zero attached hydrogens (tertiary/aromatic N) is 2. The number of thiazole rings is 1. The maximum Gasteiger partial charge on any atom is 0.241 e. The molecule has 1 heterocycles. The molecule has 0 bridgehead atoms. The Bertz CT molecular complexity index is 325. The van der Waals surface area contributed by atoms with Gasteiger partial charge in [0.1, 0.15) is 5.15 Å². The predicted molar refractivity (Wildman–Crippen MR) is 63.5 cm³/mol. The summed E-state index contributed by atoms with van der Waals surface area (Å²) in [6.45, 7) is 5.65. The summed E-state index contributed by atoms with van der Waals surface area (Å²) in [6.07, 6.45) is 0. The number of carbonyl (C=O) groups is 1. The minimum Gasteiger partial charge on any atom is -0.352 e. The van der Waals surface area contributed by atoms with Crippen LogP contribution in [0, 0.1) is 0 Å². The second kappa shape index (κ2) is 5.92. The van der Waals surface area contributed by atoms with Crippen LogP contribution in [0.1, 0.15) is 13.8 Å². The molecule has 0 aliphatic rings. The van der Waals surface area contributed by atoms with Gasteiger partial charge >= 0.3 is 0 Å². The van der Waals surface area contributed by atoms with Gasteiger partial charge in [0.2, 0.25) is 5.91 Å². The Morgan fingerprint density at radius 3 is 2.73 bits per heavy atom. The Morgan fingerprint density at radius 2 is 2.27 bits per heavy atom. The van der Waals surface area contributed by atoms with E-state index in [4.69, 9.17) is 11.6 Å². The Morgan fingerprint density at radius 1 is 1.60 bits per heavy atom. The number of aromatic nitrogens is 1. The van der Waals surface area contributed by atoms with Crippen molar-refractivity contribution in [3.8, 4) is 0 Å². The first-order valence-electron chi connectivity index (χ1n) is 4.80. The van der Waals surface area contributed by atoms with Gasteiger partial charge in [-0.15, -0.1) is 11.3 Å². The van der Waals surface area contributed by atoms with Crippen molar-refractivity contribution in [1.82, 2.24) is 9.88 Å². The van der Waals surface area contributed by atoms with Crippen molar-refractivity contribution in [1.29, 1.82) is 0 Å². The molecule has 6 heteroatoms. The Labute approximate surface area is 98.3 Å². The van der Waals surface area contributed by atoms with Gasteiger partial charge in [0.05, 0.1) is 6.54 Å². The van der Waals surface area contributed by atoms with Crippen molar-refractivity contribution in [3.63, 3.8) is 0 Å². The van der Waals surface area contributed by atoms with Crippen LogP contribution in [0.25, 0.3) is 0 Å². The first-order valence-corrected chi connectivity index (χ1v) is 6.05. The van der Waals surface area contributed by atoms with Crippen LogP contribution in [-0.4, -0.2) is 35.4 Å². The van der Waals surface area contributed by atoms with Crippen LogP contribution >= 0.6 is 22.9 Å². The van der Waals surface area contributed by atoms with Crippen LogP contribution in [0.15, 0.2) is 5.38 Å². The van der Waals surface area contributed by atoms with Crippen LogP contribution in [0.4, 0.5) is 5.13 Å². The summed E-state index contributed by atoms with van der Waals surface area (Å²) in [4.78, 5) is 17.4. The molecule has 15 heavy (non-hydrogen) atoms. The molecule has 1 N–H and O–H groups in total. The van der Waals surface area contributed by atoms with E-state index in [-0.39, 0.29) is 12.5 Å². The van der Waals surface area contributed by atoms with Crippen molar-refractivity contribution in [3.05, 3.63) is 10.5 Å². The zero-order valence-corrected chi connectivity index (χ0v) is 10.4. The molecule has 84 valence electrons. The molecule has 0 fully saturated rings. The molecule has 0 unspecified atom stereocenters. The molecule has 0 aliphatic carbocycles. The van der Waals surface area contributed by atoms with Crippen LogP contribution in [0.2, 0.25) is 5.15 Å². The predicted octanol–water partition coefficient (Wildman–Crippen LogP) is 2.08. The van der Waals surface area contributed by atoms with E-state index in [1.807, 2.05) is 13.8 Å². The highest BCUT2D eigenvalue weighted by Gasteiger charge is 2.09. The van der Waals surface area contributed by atoms with Crippen LogP contribution in [0.5, 0.6) is 0 Å². The van der Waals surface area contributed by atoms with Gasteiger partial charge in [0.15, 0.2) is 5.13 Å². The third-order valence-electron chi connectivity index (χ3n) is 1.98. The van der Waals surface area contributed by atoms with Gasteiger partial charge in [-0.2, -0.15) is 0 Å². The first kappa shape index (κ1) is 12.3. The van der Waals surface area contributed by atoms with Gasteiger partial charge in [-0.05, 0) is 13.8 Å². The molecular formula is C9H14ClN3OS. The number of amides is 1. The zero-order valence-electron chi connectivity index (χ0n) is 8.79. The van der Waals surface area contributed by atoms with E-state index in [2.05, 4.69) is 10.3 Å². The first-order chi connectivity index (χ1) is 7.17. The number of rotatable bonds is 5. The van der Waals surface area contributed by atoms with E-state index in [0.29, 0.717) is 10.3 Å². The van der Waals surface area contributed by atoms with Crippen LogP contribution in [-0.2, 0) is 4.79 Å². The fraction of sp³-hybridized carbons (Fsp3) is 0.556. The molecule has 0 spiro atoms. The van der Waals surface area contributed by atoms with Gasteiger partial charge in [0.25, 0.3) is 0 Å². The lowest BCUT2D eigenvalue weighted by molar-refractivity contribution is -0.128. The van der Waals surface area contributed by atoms with Crippen molar-refractivity contribution >= 4 is 34.0 Å². The molecule has 1 aromatic rings. The summed E-state index contributed by atoms with van der Waals surface area (Å²) in [5, 5.41) is 5.81. The van der Waals surface area contributed by atoms with Crippen molar-refractivity contribution < 1.29 is 4.79 Å². The van der Waals surface area contributed by atoms with Crippen LogP contribution in [0.3, 0.4) is 0 Å². The van der Waals surface area contributed by atoms with E-state index in [1.54, 1.807) is 10.3 Å². The quantitative estimate of drug-likeness (QED) is 0.867. The summed E-state index contributed by atoms with van der Waals surface area (Å²) in [7, 11) is 0. The van der Waals surface area contributed by atoms with Gasteiger partial charge in [-0.25, -0.2) is 4.98 Å². The highest BCUT2D eigenvalue weighted by atomic mass is 35.5. The second-order valence-electron chi connectivity index (χ2n) is 2.89. The molecule has 4 nitrogen and oxygen atoms in total. The molecule has 1 rings (SSSR count). The molecule has 0 aliphatic heterocycles. The highest BCUT2D eigenvalue weighted by Crippen LogP contribution is 2.18. The van der Waals surface area contributed by atoms with Crippen molar-refractivity contribution in [2.24, 2.45) is 0 Å². The molecule has 0 saturated carbocycles. The number of nitrogens with one attached hydrogen (secondary N) is 1. The van der Waals surface area contributed by atoms with E-state index in [1.165, 1.54) is 11.3 Å². The van der Waals surface area contributed by atoms with Crippen molar-refractivity contribution in [2.45, 2.75) is 13.8 Å². The molecule has 0 atom stereocenters. The smallest absolute Gasteiger partial charge is 0.241 e. The lowest BCUT2D eigenvalue weighted by atomic mass is 10.4. The maximum absolute atomic E-state index is 11.6. The minimum absolute atomic E-state index is 0.0753. The summed E-state index contributed by atoms with van der Waals surface area (Å²) in [5.41, 5.74) is 0. The van der Waals surface area contributed by atoms with E-state index in [9.17, 15) is 4.79 Å². The molecule has 1 amide bonds. The molecular weight excluding hydrogens is 234 g/mol. The number of anilines is 1. The molecule has 0 radical (unpaired) electrons. The topological polar surface area (TPSA) is 45.2 Å². The monoisotopic (exact) mass is 247 g/mol. The number of hydrogen-bond acceptors (Lipinski definition) is 4. The lowest BCUT2D eigenvalue weighted by Gasteiger charge is -2.18. The zero-order chi connectivity index (χ0) is 11.3. The highest BCUT2D eigenvalue weighted by molar-refractivity contribution is 7.14. The molecule has 0 saturated heterocycles. The van der Waals surface area contributed by atoms with Crippen molar-refractivity contribution in [2.75, 3.05) is 25.0 Å². The minimum atomic E-state index is 0.0753.